The molecule has 1 fully saturated rings. The monoisotopic (exact) mass is 254 g/mol. The van der Waals surface area contributed by atoms with Gasteiger partial charge in [0.15, 0.2) is 0 Å². The van der Waals surface area contributed by atoms with Gasteiger partial charge in [0.2, 0.25) is 0 Å². The van der Waals surface area contributed by atoms with Crippen LogP contribution in [0, 0.1) is 0 Å². The first-order chi connectivity index (χ1) is 8.31. The predicted octanol–water partition coefficient (Wildman–Crippen LogP) is 2.54. The van der Waals surface area contributed by atoms with Gasteiger partial charge in [-0.05, 0) is 37.6 Å². The molecule has 1 aromatic rings. The molecule has 0 radical (unpaired) electrons. The van der Waals surface area contributed by atoms with Gasteiger partial charge >= 0.3 is 0 Å². The van der Waals surface area contributed by atoms with E-state index < -0.39 is 0 Å². The quantitative estimate of drug-likeness (QED) is 0.878. The van der Waals surface area contributed by atoms with Crippen LogP contribution in [-0.4, -0.2) is 33.3 Å². The lowest BCUT2D eigenvalue weighted by Gasteiger charge is -2.28. The fourth-order valence-electron chi connectivity index (χ4n) is 2.15. The molecule has 0 amide bonds. The van der Waals surface area contributed by atoms with Gasteiger partial charge in [-0.3, -0.25) is 0 Å². The largest absolute Gasteiger partial charge is 0.495 e. The highest BCUT2D eigenvalue weighted by atomic mass is 35.5. The summed E-state index contributed by atoms with van der Waals surface area (Å²) in [5, 5.41) is 4.18. The molecule has 3 nitrogen and oxygen atoms in total. The molecule has 0 aliphatic carbocycles. The van der Waals surface area contributed by atoms with Gasteiger partial charge < -0.3 is 15.0 Å². The third kappa shape index (κ3) is 3.27. The van der Waals surface area contributed by atoms with E-state index in [2.05, 4.69) is 10.2 Å². The molecule has 0 aromatic heterocycles. The van der Waals surface area contributed by atoms with Crippen LogP contribution in [0.15, 0.2) is 18.2 Å². The highest BCUT2D eigenvalue weighted by Crippen LogP contribution is 2.31. The zero-order chi connectivity index (χ0) is 12.1. The van der Waals surface area contributed by atoms with E-state index in [0.717, 1.165) is 42.6 Å². The number of rotatable bonds is 2. The van der Waals surface area contributed by atoms with E-state index in [0.29, 0.717) is 0 Å². The molecular formula is C13H19ClN2O. The summed E-state index contributed by atoms with van der Waals surface area (Å²) in [5.41, 5.74) is 1.10. The second-order valence-corrected chi connectivity index (χ2v) is 4.70. The zero-order valence-corrected chi connectivity index (χ0v) is 11.0. The normalized spacial score (nSPS) is 17.4. The minimum atomic E-state index is 0.760. The van der Waals surface area contributed by atoms with E-state index in [1.807, 2.05) is 18.2 Å². The molecule has 0 spiro atoms. The van der Waals surface area contributed by atoms with Crippen molar-refractivity contribution >= 4 is 17.3 Å². The molecule has 1 aromatic carbocycles. The lowest BCUT2D eigenvalue weighted by molar-refractivity contribution is 0.413. The van der Waals surface area contributed by atoms with E-state index in [1.165, 1.54) is 12.8 Å². The van der Waals surface area contributed by atoms with Crippen molar-refractivity contribution in [3.63, 3.8) is 0 Å². The van der Waals surface area contributed by atoms with Gasteiger partial charge in [0, 0.05) is 24.7 Å². The third-order valence-corrected chi connectivity index (χ3v) is 3.31. The van der Waals surface area contributed by atoms with E-state index >= 15 is 0 Å². The Balaban J connectivity index is 2.20. The Hall–Kier alpha value is -0.930. The molecule has 4 heteroatoms. The maximum absolute atomic E-state index is 6.07. The topological polar surface area (TPSA) is 24.5 Å². The van der Waals surface area contributed by atoms with Crippen LogP contribution in [0.5, 0.6) is 5.75 Å². The molecule has 0 unspecified atom stereocenters. The van der Waals surface area contributed by atoms with Crippen LogP contribution in [0.4, 0.5) is 5.69 Å². The Morgan fingerprint density at radius 3 is 2.94 bits per heavy atom. The van der Waals surface area contributed by atoms with E-state index in [9.17, 15) is 0 Å². The van der Waals surface area contributed by atoms with Crippen molar-refractivity contribution in [2.24, 2.45) is 0 Å². The second-order valence-electron chi connectivity index (χ2n) is 4.26. The molecule has 1 heterocycles. The summed E-state index contributed by atoms with van der Waals surface area (Å²) in [6.07, 6.45) is 2.42. The fourth-order valence-corrected chi connectivity index (χ4v) is 2.32. The van der Waals surface area contributed by atoms with E-state index in [1.54, 1.807) is 7.11 Å². The van der Waals surface area contributed by atoms with Gasteiger partial charge in [-0.15, -0.1) is 0 Å². The second kappa shape index (κ2) is 6.12. The number of ether oxygens (including phenoxy) is 1. The molecule has 0 atom stereocenters. The average Bonchev–Trinajstić information content (AvgIpc) is 2.28. The first-order valence-corrected chi connectivity index (χ1v) is 6.48. The first kappa shape index (κ1) is 12.5. The summed E-state index contributed by atoms with van der Waals surface area (Å²) in [5.74, 6) is 0.898. The van der Waals surface area contributed by atoms with Crippen molar-refractivity contribution in [1.82, 2.24) is 5.32 Å². The molecule has 94 valence electrons. The van der Waals surface area contributed by atoms with Crippen LogP contribution in [0.2, 0.25) is 5.02 Å². The van der Waals surface area contributed by atoms with Crippen molar-refractivity contribution in [3.05, 3.63) is 23.2 Å². The zero-order valence-electron chi connectivity index (χ0n) is 10.2. The smallest absolute Gasteiger partial charge is 0.142 e. The lowest BCUT2D eigenvalue weighted by Crippen LogP contribution is -2.36. The molecule has 1 saturated heterocycles. The Kier molecular flexibility index (Phi) is 4.51. The highest BCUT2D eigenvalue weighted by molar-refractivity contribution is 6.30. The van der Waals surface area contributed by atoms with Gasteiger partial charge in [0.1, 0.15) is 5.75 Å². The number of hydrogen-bond donors (Lipinski definition) is 1. The third-order valence-electron chi connectivity index (χ3n) is 3.07. The van der Waals surface area contributed by atoms with E-state index in [4.69, 9.17) is 16.3 Å². The number of nitrogens with one attached hydrogen (secondary N) is 1. The van der Waals surface area contributed by atoms with Crippen LogP contribution in [0.1, 0.15) is 12.8 Å². The fraction of sp³-hybridized carbons (Fsp3) is 0.538. The Labute approximate surface area is 108 Å². The number of benzene rings is 1. The number of nitrogens with zero attached hydrogens (tertiary/aromatic N) is 1. The van der Waals surface area contributed by atoms with Crippen LogP contribution in [-0.2, 0) is 0 Å². The van der Waals surface area contributed by atoms with Crippen LogP contribution >= 0.6 is 11.6 Å². The molecule has 1 N–H and O–H groups in total. The van der Waals surface area contributed by atoms with Crippen LogP contribution < -0.4 is 15.0 Å². The molecule has 2 rings (SSSR count). The Morgan fingerprint density at radius 2 is 2.12 bits per heavy atom. The van der Waals surface area contributed by atoms with Crippen molar-refractivity contribution in [1.29, 1.82) is 0 Å². The number of halogens is 1. The molecular weight excluding hydrogens is 236 g/mol. The summed E-state index contributed by atoms with van der Waals surface area (Å²) in [7, 11) is 1.70. The maximum Gasteiger partial charge on any atom is 0.142 e. The van der Waals surface area contributed by atoms with Crippen LogP contribution in [0.25, 0.3) is 0 Å². The SMILES string of the molecule is COc1ccc(Cl)cc1N1CCCCNCC1. The van der Waals surface area contributed by atoms with Crippen molar-refractivity contribution in [2.75, 3.05) is 38.2 Å². The van der Waals surface area contributed by atoms with Gasteiger partial charge in [0.05, 0.1) is 12.8 Å². The number of hydrogen-bond acceptors (Lipinski definition) is 3. The number of anilines is 1. The van der Waals surface area contributed by atoms with Crippen molar-refractivity contribution < 1.29 is 4.74 Å². The first-order valence-electron chi connectivity index (χ1n) is 6.10. The standard InChI is InChI=1S/C13H19ClN2O/c1-17-13-5-4-11(14)10-12(13)16-8-3-2-6-15-7-9-16/h4-5,10,15H,2-3,6-9H2,1H3. The van der Waals surface area contributed by atoms with Gasteiger partial charge in [0.25, 0.3) is 0 Å². The lowest BCUT2D eigenvalue weighted by atomic mass is 10.2. The summed E-state index contributed by atoms with van der Waals surface area (Å²) >= 11 is 6.07. The maximum atomic E-state index is 6.07. The minimum Gasteiger partial charge on any atom is -0.495 e. The minimum absolute atomic E-state index is 0.760. The number of methoxy groups -OCH3 is 1. The molecule has 17 heavy (non-hydrogen) atoms. The molecule has 0 bridgehead atoms. The van der Waals surface area contributed by atoms with Gasteiger partial charge in [-0.1, -0.05) is 11.6 Å². The molecule has 1 aliphatic heterocycles. The highest BCUT2D eigenvalue weighted by Gasteiger charge is 2.13. The summed E-state index contributed by atoms with van der Waals surface area (Å²) < 4.78 is 5.40. The summed E-state index contributed by atoms with van der Waals surface area (Å²) in [6, 6.07) is 5.79. The van der Waals surface area contributed by atoms with Gasteiger partial charge in [-0.25, -0.2) is 0 Å². The van der Waals surface area contributed by atoms with Gasteiger partial charge in [-0.2, -0.15) is 0 Å². The van der Waals surface area contributed by atoms with Crippen molar-refractivity contribution in [3.8, 4) is 5.75 Å². The molecule has 1 aliphatic rings. The average molecular weight is 255 g/mol. The summed E-state index contributed by atoms with van der Waals surface area (Å²) in [4.78, 5) is 2.34. The predicted molar refractivity (Wildman–Crippen MR) is 72.3 cm³/mol. The van der Waals surface area contributed by atoms with Crippen molar-refractivity contribution in [2.45, 2.75) is 12.8 Å². The molecule has 0 saturated carbocycles. The Morgan fingerprint density at radius 1 is 1.24 bits per heavy atom. The van der Waals surface area contributed by atoms with E-state index in [-0.39, 0.29) is 0 Å². The summed E-state index contributed by atoms with van der Waals surface area (Å²) in [6.45, 7) is 4.20. The van der Waals surface area contributed by atoms with Crippen LogP contribution in [0.3, 0.4) is 0 Å². The Bertz CT molecular complexity index is 362.